The number of nitrogens with zero attached hydrogens (tertiary/aromatic N) is 2. The summed E-state index contributed by atoms with van der Waals surface area (Å²) in [5, 5.41) is 0. The van der Waals surface area contributed by atoms with Crippen molar-refractivity contribution >= 4 is 0 Å². The van der Waals surface area contributed by atoms with Crippen LogP contribution in [0.1, 0.15) is 34.6 Å². The minimum Gasteiger partial charge on any atom is -0.358 e. The van der Waals surface area contributed by atoms with E-state index in [4.69, 9.17) is 0 Å². The first-order valence-corrected chi connectivity index (χ1v) is 6.57. The lowest BCUT2D eigenvalue weighted by Crippen LogP contribution is -2.54. The molecule has 2 heteroatoms. The summed E-state index contributed by atoms with van der Waals surface area (Å²) in [4.78, 5) is 4.80. The Hall–Kier alpha value is -0.920. The fourth-order valence-corrected chi connectivity index (χ4v) is 2.66. The van der Waals surface area contributed by atoms with E-state index in [1.165, 1.54) is 5.82 Å². The molecule has 0 aromatic rings. The normalized spacial score (nSPS) is 23.5. The Kier molecular flexibility index (Phi) is 2.80. The molecule has 1 saturated heterocycles. The van der Waals surface area contributed by atoms with E-state index < -0.39 is 0 Å². The van der Waals surface area contributed by atoms with Gasteiger partial charge in [0, 0.05) is 26.2 Å². The predicted octanol–water partition coefficient (Wildman–Crippen LogP) is 3.09. The van der Waals surface area contributed by atoms with Crippen LogP contribution in [-0.2, 0) is 0 Å². The van der Waals surface area contributed by atoms with Crippen LogP contribution >= 0.6 is 0 Å². The molecule has 0 bridgehead atoms. The fourth-order valence-electron chi connectivity index (χ4n) is 2.66. The van der Waals surface area contributed by atoms with Crippen molar-refractivity contribution in [2.24, 2.45) is 10.8 Å². The van der Waals surface area contributed by atoms with Crippen LogP contribution in [-0.4, -0.2) is 36.0 Å². The zero-order chi connectivity index (χ0) is 12.8. The van der Waals surface area contributed by atoms with Crippen molar-refractivity contribution < 1.29 is 0 Å². The van der Waals surface area contributed by atoms with Crippen LogP contribution in [0.2, 0.25) is 0 Å². The zero-order valence-corrected chi connectivity index (χ0v) is 12.0. The van der Waals surface area contributed by atoms with E-state index in [0.717, 1.165) is 26.2 Å². The monoisotopic (exact) mass is 234 g/mol. The highest BCUT2D eigenvalue weighted by Crippen LogP contribution is 2.35. The SMILES string of the molecule is C=C(N1CC=C(C(C)(C)C)C1)N1CC(C)(C)C1. The van der Waals surface area contributed by atoms with Gasteiger partial charge >= 0.3 is 0 Å². The van der Waals surface area contributed by atoms with Crippen molar-refractivity contribution in [3.05, 3.63) is 24.0 Å². The van der Waals surface area contributed by atoms with Gasteiger partial charge in [-0.25, -0.2) is 0 Å². The van der Waals surface area contributed by atoms with Gasteiger partial charge in [0.15, 0.2) is 0 Å². The minimum absolute atomic E-state index is 0.295. The molecular formula is C15H26N2. The molecule has 0 spiro atoms. The van der Waals surface area contributed by atoms with Gasteiger partial charge in [-0.15, -0.1) is 0 Å². The van der Waals surface area contributed by atoms with Gasteiger partial charge in [0.05, 0.1) is 5.82 Å². The second-order valence-electron chi connectivity index (χ2n) is 7.30. The van der Waals surface area contributed by atoms with E-state index in [2.05, 4.69) is 57.1 Å². The molecule has 2 heterocycles. The molecule has 0 aromatic carbocycles. The quantitative estimate of drug-likeness (QED) is 0.677. The second kappa shape index (κ2) is 3.79. The van der Waals surface area contributed by atoms with Gasteiger partial charge in [0.2, 0.25) is 0 Å². The van der Waals surface area contributed by atoms with Gasteiger partial charge in [0.1, 0.15) is 0 Å². The molecule has 2 nitrogen and oxygen atoms in total. The lowest BCUT2D eigenvalue weighted by Gasteiger charge is -2.50. The smallest absolute Gasteiger partial charge is 0.0971 e. The summed E-state index contributed by atoms with van der Waals surface area (Å²) >= 11 is 0. The van der Waals surface area contributed by atoms with Gasteiger partial charge < -0.3 is 9.80 Å². The van der Waals surface area contributed by atoms with Crippen molar-refractivity contribution in [1.29, 1.82) is 0 Å². The molecule has 2 rings (SSSR count). The zero-order valence-electron chi connectivity index (χ0n) is 12.0. The summed E-state index contributed by atoms with van der Waals surface area (Å²) in [5.74, 6) is 1.21. The molecule has 0 saturated carbocycles. The molecule has 2 aliphatic rings. The van der Waals surface area contributed by atoms with Crippen molar-refractivity contribution in [1.82, 2.24) is 9.80 Å². The third-order valence-corrected chi connectivity index (χ3v) is 3.85. The summed E-state index contributed by atoms with van der Waals surface area (Å²) in [5.41, 5.74) is 2.31. The summed E-state index contributed by atoms with van der Waals surface area (Å²) < 4.78 is 0. The second-order valence-corrected chi connectivity index (χ2v) is 7.30. The number of hydrogen-bond acceptors (Lipinski definition) is 2. The Labute approximate surface area is 106 Å². The van der Waals surface area contributed by atoms with Gasteiger partial charge in [-0.3, -0.25) is 0 Å². The highest BCUT2D eigenvalue weighted by atomic mass is 15.4. The maximum absolute atomic E-state index is 4.26. The summed E-state index contributed by atoms with van der Waals surface area (Å²) in [6.07, 6.45) is 2.37. The first kappa shape index (κ1) is 12.5. The van der Waals surface area contributed by atoms with Crippen molar-refractivity contribution in [2.75, 3.05) is 26.2 Å². The molecule has 0 amide bonds. The highest BCUT2D eigenvalue weighted by Gasteiger charge is 2.37. The van der Waals surface area contributed by atoms with E-state index >= 15 is 0 Å². The standard InChI is InChI=1S/C15H26N2/c1-12(17-10-15(5,6)11-17)16-8-7-13(9-16)14(2,3)4/h7H,1,8-11H2,2-6H3. The topological polar surface area (TPSA) is 6.48 Å². The van der Waals surface area contributed by atoms with E-state index in [1.807, 2.05) is 0 Å². The molecule has 0 radical (unpaired) electrons. The number of hydrogen-bond donors (Lipinski definition) is 0. The lowest BCUT2D eigenvalue weighted by atomic mass is 9.84. The number of rotatable bonds is 2. The van der Waals surface area contributed by atoms with E-state index in [-0.39, 0.29) is 0 Å². The molecule has 0 atom stereocenters. The average Bonchev–Trinajstić information content (AvgIpc) is 2.60. The summed E-state index contributed by atoms with van der Waals surface area (Å²) in [6, 6.07) is 0. The Morgan fingerprint density at radius 3 is 2.24 bits per heavy atom. The van der Waals surface area contributed by atoms with Crippen LogP contribution in [0, 0.1) is 10.8 Å². The van der Waals surface area contributed by atoms with Crippen LogP contribution in [0.25, 0.3) is 0 Å². The largest absolute Gasteiger partial charge is 0.358 e. The maximum atomic E-state index is 4.26. The Bertz CT molecular complexity index is 350. The molecule has 96 valence electrons. The van der Waals surface area contributed by atoms with Crippen LogP contribution in [0.5, 0.6) is 0 Å². The molecule has 0 N–H and O–H groups in total. The van der Waals surface area contributed by atoms with Gasteiger partial charge in [-0.1, -0.05) is 47.3 Å². The van der Waals surface area contributed by atoms with Crippen molar-refractivity contribution in [2.45, 2.75) is 34.6 Å². The molecular weight excluding hydrogens is 208 g/mol. The van der Waals surface area contributed by atoms with Gasteiger partial charge in [-0.2, -0.15) is 0 Å². The lowest BCUT2D eigenvalue weighted by molar-refractivity contribution is 0.0368. The average molecular weight is 234 g/mol. The number of likely N-dealkylation sites (tertiary alicyclic amines) is 1. The summed E-state index contributed by atoms with van der Waals surface area (Å²) in [6.45, 7) is 20.1. The summed E-state index contributed by atoms with van der Waals surface area (Å²) in [7, 11) is 0. The molecule has 0 aliphatic carbocycles. The first-order valence-electron chi connectivity index (χ1n) is 6.57. The van der Waals surface area contributed by atoms with Crippen LogP contribution in [0.15, 0.2) is 24.0 Å². The van der Waals surface area contributed by atoms with Gasteiger partial charge in [0.25, 0.3) is 0 Å². The minimum atomic E-state index is 0.295. The van der Waals surface area contributed by atoms with Crippen LogP contribution in [0.4, 0.5) is 0 Å². The van der Waals surface area contributed by atoms with E-state index in [0.29, 0.717) is 10.8 Å². The van der Waals surface area contributed by atoms with E-state index in [1.54, 1.807) is 5.57 Å². The van der Waals surface area contributed by atoms with E-state index in [9.17, 15) is 0 Å². The first-order chi connectivity index (χ1) is 7.69. The molecule has 2 aliphatic heterocycles. The fraction of sp³-hybridized carbons (Fsp3) is 0.733. The van der Waals surface area contributed by atoms with Crippen LogP contribution in [0.3, 0.4) is 0 Å². The highest BCUT2D eigenvalue weighted by molar-refractivity contribution is 5.22. The molecule has 0 aromatic heterocycles. The van der Waals surface area contributed by atoms with Gasteiger partial charge in [-0.05, 0) is 16.4 Å². The maximum Gasteiger partial charge on any atom is 0.0971 e. The van der Waals surface area contributed by atoms with Crippen molar-refractivity contribution in [3.8, 4) is 0 Å². The molecule has 0 unspecified atom stereocenters. The third kappa shape index (κ3) is 2.51. The Morgan fingerprint density at radius 2 is 1.82 bits per heavy atom. The van der Waals surface area contributed by atoms with Crippen molar-refractivity contribution in [3.63, 3.8) is 0 Å². The third-order valence-electron chi connectivity index (χ3n) is 3.85. The van der Waals surface area contributed by atoms with Crippen LogP contribution < -0.4 is 0 Å². The predicted molar refractivity (Wildman–Crippen MR) is 73.6 cm³/mol. The molecule has 1 fully saturated rings. The Balaban J connectivity index is 1.89. The molecule has 17 heavy (non-hydrogen) atoms. The Morgan fingerprint density at radius 1 is 1.24 bits per heavy atom.